The molecule has 21 heavy (non-hydrogen) atoms. The van der Waals surface area contributed by atoms with Gasteiger partial charge in [0.2, 0.25) is 5.16 Å². The second-order valence-electron chi connectivity index (χ2n) is 4.38. The van der Waals surface area contributed by atoms with Crippen molar-refractivity contribution in [3.8, 4) is 0 Å². The summed E-state index contributed by atoms with van der Waals surface area (Å²) >= 11 is 1.67. The molecule has 8 heteroatoms. The van der Waals surface area contributed by atoms with E-state index in [1.165, 1.54) is 5.56 Å². The zero-order valence-corrected chi connectivity index (χ0v) is 12.9. The van der Waals surface area contributed by atoms with E-state index in [2.05, 4.69) is 25.8 Å². The van der Waals surface area contributed by atoms with Crippen molar-refractivity contribution in [3.63, 3.8) is 0 Å². The second-order valence-corrected chi connectivity index (χ2v) is 5.44. The molecule has 2 heterocycles. The van der Waals surface area contributed by atoms with Crippen LogP contribution in [-0.4, -0.2) is 57.8 Å². The van der Waals surface area contributed by atoms with Crippen molar-refractivity contribution in [2.75, 3.05) is 32.6 Å². The van der Waals surface area contributed by atoms with Gasteiger partial charge in [-0.05, 0) is 34.5 Å². The van der Waals surface area contributed by atoms with E-state index in [0.29, 0.717) is 6.61 Å². The summed E-state index contributed by atoms with van der Waals surface area (Å²) in [6.45, 7) is 3.13. The van der Waals surface area contributed by atoms with E-state index < -0.39 is 0 Å². The number of hydrogen-bond donors (Lipinski definition) is 1. The van der Waals surface area contributed by atoms with Crippen molar-refractivity contribution in [3.05, 3.63) is 30.1 Å². The first-order chi connectivity index (χ1) is 10.4. The van der Waals surface area contributed by atoms with Crippen LogP contribution in [0.1, 0.15) is 5.56 Å². The quantitative estimate of drug-likeness (QED) is 0.510. The Morgan fingerprint density at radius 2 is 2.14 bits per heavy atom. The number of ether oxygens (including phenoxy) is 1. The molecule has 0 aromatic carbocycles. The molecular weight excluding hydrogens is 288 g/mol. The molecule has 2 aromatic heterocycles. The lowest BCUT2D eigenvalue weighted by atomic mass is 10.2. The molecule has 0 radical (unpaired) electrons. The molecule has 2 aromatic rings. The Kier molecular flexibility index (Phi) is 7.13. The number of hydrogen-bond acceptors (Lipinski definition) is 7. The average Bonchev–Trinajstić information content (AvgIpc) is 2.96. The Bertz CT molecular complexity index is 506. The Hall–Kier alpha value is -1.51. The number of nitrogens with zero attached hydrogens (tertiary/aromatic N) is 5. The van der Waals surface area contributed by atoms with Gasteiger partial charge in [-0.25, -0.2) is 4.68 Å². The van der Waals surface area contributed by atoms with Gasteiger partial charge < -0.3 is 10.1 Å². The average molecular weight is 308 g/mol. The van der Waals surface area contributed by atoms with Crippen LogP contribution in [-0.2, 0) is 17.7 Å². The van der Waals surface area contributed by atoms with Crippen LogP contribution >= 0.6 is 11.8 Å². The highest BCUT2D eigenvalue weighted by molar-refractivity contribution is 7.99. The van der Waals surface area contributed by atoms with Gasteiger partial charge in [0.15, 0.2) is 0 Å². The van der Waals surface area contributed by atoms with Crippen LogP contribution in [0.2, 0.25) is 0 Å². The molecule has 0 atom stereocenters. The van der Waals surface area contributed by atoms with E-state index in [0.717, 1.165) is 37.0 Å². The Labute approximate surface area is 128 Å². The molecule has 0 amide bonds. The van der Waals surface area contributed by atoms with E-state index in [1.807, 2.05) is 29.2 Å². The summed E-state index contributed by atoms with van der Waals surface area (Å²) in [5.74, 6) is 0.946. The van der Waals surface area contributed by atoms with Gasteiger partial charge in [0, 0.05) is 38.3 Å². The predicted octanol–water partition coefficient (Wildman–Crippen LogP) is 0.639. The van der Waals surface area contributed by atoms with Gasteiger partial charge in [0.1, 0.15) is 0 Å². The van der Waals surface area contributed by atoms with Gasteiger partial charge in [0.25, 0.3) is 0 Å². The summed E-state index contributed by atoms with van der Waals surface area (Å²) in [4.78, 5) is 4.01. The SMILES string of the molecule is COCCNCCn1nnnc1SCCc1ccncc1. The van der Waals surface area contributed by atoms with Gasteiger partial charge >= 0.3 is 0 Å². The van der Waals surface area contributed by atoms with Gasteiger partial charge in [-0.2, -0.15) is 0 Å². The van der Waals surface area contributed by atoms with Crippen molar-refractivity contribution in [2.24, 2.45) is 0 Å². The molecule has 0 bridgehead atoms. The van der Waals surface area contributed by atoms with Crippen LogP contribution in [0.3, 0.4) is 0 Å². The number of nitrogens with one attached hydrogen (secondary N) is 1. The number of methoxy groups -OCH3 is 1. The third-order valence-electron chi connectivity index (χ3n) is 2.85. The second kappa shape index (κ2) is 9.43. The number of pyridine rings is 1. The summed E-state index contributed by atoms with van der Waals surface area (Å²) < 4.78 is 6.81. The first-order valence-electron chi connectivity index (χ1n) is 6.87. The fourth-order valence-electron chi connectivity index (χ4n) is 1.73. The lowest BCUT2D eigenvalue weighted by molar-refractivity contribution is 0.199. The summed E-state index contributed by atoms with van der Waals surface area (Å²) in [7, 11) is 1.70. The highest BCUT2D eigenvalue weighted by Crippen LogP contribution is 2.15. The van der Waals surface area contributed by atoms with E-state index in [9.17, 15) is 0 Å². The molecule has 2 rings (SSSR count). The Balaban J connectivity index is 1.70. The minimum atomic E-state index is 0.711. The van der Waals surface area contributed by atoms with E-state index in [4.69, 9.17) is 4.74 Å². The summed E-state index contributed by atoms with van der Waals surface area (Å²) in [6, 6.07) is 4.06. The molecule has 1 N–H and O–H groups in total. The zero-order valence-electron chi connectivity index (χ0n) is 12.1. The fraction of sp³-hybridized carbons (Fsp3) is 0.538. The number of aryl methyl sites for hydroxylation is 1. The lowest BCUT2D eigenvalue weighted by Gasteiger charge is -2.06. The number of aromatic nitrogens is 5. The van der Waals surface area contributed by atoms with Gasteiger partial charge in [-0.3, -0.25) is 4.98 Å². The maximum atomic E-state index is 4.98. The largest absolute Gasteiger partial charge is 0.383 e. The topological polar surface area (TPSA) is 77.8 Å². The van der Waals surface area contributed by atoms with Crippen LogP contribution in [0.4, 0.5) is 0 Å². The fourth-order valence-corrected chi connectivity index (χ4v) is 2.63. The monoisotopic (exact) mass is 308 g/mol. The first-order valence-corrected chi connectivity index (χ1v) is 7.86. The molecule has 7 nitrogen and oxygen atoms in total. The molecular formula is C13H20N6OS. The van der Waals surface area contributed by atoms with Gasteiger partial charge in [-0.15, -0.1) is 5.10 Å². The Morgan fingerprint density at radius 3 is 2.95 bits per heavy atom. The van der Waals surface area contributed by atoms with Crippen molar-refractivity contribution < 1.29 is 4.74 Å². The van der Waals surface area contributed by atoms with E-state index in [1.54, 1.807) is 18.9 Å². The maximum Gasteiger partial charge on any atom is 0.209 e. The predicted molar refractivity (Wildman–Crippen MR) is 81.2 cm³/mol. The molecule has 0 saturated heterocycles. The van der Waals surface area contributed by atoms with Crippen LogP contribution in [0.5, 0.6) is 0 Å². The normalized spacial score (nSPS) is 10.9. The molecule has 0 spiro atoms. The third kappa shape index (κ3) is 5.78. The lowest BCUT2D eigenvalue weighted by Crippen LogP contribution is -2.24. The smallest absolute Gasteiger partial charge is 0.209 e. The summed E-state index contributed by atoms with van der Waals surface area (Å²) in [5.41, 5.74) is 1.28. The van der Waals surface area contributed by atoms with Gasteiger partial charge in [0.05, 0.1) is 13.2 Å². The molecule has 0 aliphatic carbocycles. The van der Waals surface area contributed by atoms with Crippen molar-refractivity contribution >= 4 is 11.8 Å². The highest BCUT2D eigenvalue weighted by atomic mass is 32.2. The van der Waals surface area contributed by atoms with Crippen LogP contribution in [0.15, 0.2) is 29.7 Å². The molecule has 0 aliphatic rings. The maximum absolute atomic E-state index is 4.98. The minimum Gasteiger partial charge on any atom is -0.383 e. The highest BCUT2D eigenvalue weighted by Gasteiger charge is 2.06. The molecule has 114 valence electrons. The molecule has 0 aliphatic heterocycles. The van der Waals surface area contributed by atoms with Crippen LogP contribution in [0, 0.1) is 0 Å². The number of rotatable bonds is 10. The molecule has 0 fully saturated rings. The van der Waals surface area contributed by atoms with Crippen LogP contribution < -0.4 is 5.32 Å². The van der Waals surface area contributed by atoms with E-state index >= 15 is 0 Å². The Morgan fingerprint density at radius 1 is 1.29 bits per heavy atom. The van der Waals surface area contributed by atoms with Crippen molar-refractivity contribution in [1.82, 2.24) is 30.5 Å². The first kappa shape index (κ1) is 15.9. The molecule has 0 saturated carbocycles. The van der Waals surface area contributed by atoms with Crippen molar-refractivity contribution in [2.45, 2.75) is 18.1 Å². The molecule has 0 unspecified atom stereocenters. The summed E-state index contributed by atoms with van der Waals surface area (Å²) in [5, 5.41) is 16.0. The van der Waals surface area contributed by atoms with Gasteiger partial charge in [-0.1, -0.05) is 11.8 Å². The van der Waals surface area contributed by atoms with Crippen LogP contribution in [0.25, 0.3) is 0 Å². The number of tetrazole rings is 1. The zero-order chi connectivity index (χ0) is 14.8. The summed E-state index contributed by atoms with van der Waals surface area (Å²) in [6.07, 6.45) is 4.61. The van der Waals surface area contributed by atoms with E-state index in [-0.39, 0.29) is 0 Å². The number of thioether (sulfide) groups is 1. The van der Waals surface area contributed by atoms with Crippen molar-refractivity contribution in [1.29, 1.82) is 0 Å². The third-order valence-corrected chi connectivity index (χ3v) is 3.81. The minimum absolute atomic E-state index is 0.711. The standard InChI is InChI=1S/C13H20N6OS/c1-20-10-8-15-7-9-19-13(16-17-18-19)21-11-4-12-2-5-14-6-3-12/h2-3,5-6,15H,4,7-11H2,1H3.